The summed E-state index contributed by atoms with van der Waals surface area (Å²) < 4.78 is 32.5. The zero-order valence-corrected chi connectivity index (χ0v) is 14.4. The van der Waals surface area contributed by atoms with Gasteiger partial charge in [-0.3, -0.25) is 0 Å². The summed E-state index contributed by atoms with van der Waals surface area (Å²) in [6.45, 7) is 2.17. The topological polar surface area (TPSA) is 110 Å². The Balaban J connectivity index is 2.68. The first kappa shape index (κ1) is 18.3. The van der Waals surface area contributed by atoms with Crippen LogP contribution in [0, 0.1) is 0 Å². The molecule has 8 nitrogen and oxygen atoms in total. The minimum atomic E-state index is -3.68. The first-order chi connectivity index (χ1) is 9.90. The van der Waals surface area contributed by atoms with Crippen molar-refractivity contribution in [3.8, 4) is 0 Å². The number of rotatable bonds is 9. The molecule has 0 aliphatic rings. The molecule has 0 spiro atoms. The number of hydrogen-bond acceptors (Lipinski definition) is 7. The zero-order chi connectivity index (χ0) is 15.9. The maximum atomic E-state index is 12.2. The number of methoxy groups -OCH3 is 1. The van der Waals surface area contributed by atoms with Crippen LogP contribution in [0.25, 0.3) is 0 Å². The number of hydrazine groups is 1. The molecule has 0 aliphatic carbocycles. The number of nitrogens with two attached hydrogens (primary N) is 1. The second-order valence-electron chi connectivity index (χ2n) is 4.34. The average molecular weight is 382 g/mol. The second kappa shape index (κ2) is 8.61. The zero-order valence-electron chi connectivity index (χ0n) is 12.0. The smallest absolute Gasteiger partial charge is 0.244 e. The van der Waals surface area contributed by atoms with Gasteiger partial charge in [-0.25, -0.2) is 24.0 Å². The normalized spacial score (nSPS) is 11.9. The Bertz CT molecular complexity index is 555. The van der Waals surface area contributed by atoms with Crippen LogP contribution in [0.3, 0.4) is 0 Å². The van der Waals surface area contributed by atoms with Crippen molar-refractivity contribution >= 4 is 31.8 Å². The van der Waals surface area contributed by atoms with Crippen molar-refractivity contribution in [1.82, 2.24) is 14.6 Å². The number of hydrogen-bond donors (Lipinski definition) is 3. The molecule has 1 aromatic rings. The summed E-state index contributed by atoms with van der Waals surface area (Å²) in [5, 5.41) is 0. The van der Waals surface area contributed by atoms with Crippen molar-refractivity contribution in [2.75, 3.05) is 45.8 Å². The van der Waals surface area contributed by atoms with Crippen molar-refractivity contribution < 1.29 is 13.2 Å². The summed E-state index contributed by atoms with van der Waals surface area (Å²) >= 11 is 3.19. The van der Waals surface area contributed by atoms with E-state index in [9.17, 15) is 8.42 Å². The maximum Gasteiger partial charge on any atom is 0.244 e. The molecular weight excluding hydrogens is 362 g/mol. The van der Waals surface area contributed by atoms with Crippen LogP contribution in [0.4, 0.5) is 5.82 Å². The van der Waals surface area contributed by atoms with E-state index < -0.39 is 10.0 Å². The van der Waals surface area contributed by atoms with E-state index in [-0.39, 0.29) is 17.3 Å². The van der Waals surface area contributed by atoms with Gasteiger partial charge < -0.3 is 15.1 Å². The number of pyridine rings is 1. The molecular formula is C11H20BrN5O3S. The molecule has 0 unspecified atom stereocenters. The van der Waals surface area contributed by atoms with E-state index in [0.717, 1.165) is 6.54 Å². The van der Waals surface area contributed by atoms with Gasteiger partial charge in [0.1, 0.15) is 4.90 Å². The maximum absolute atomic E-state index is 12.2. The molecule has 0 amide bonds. The van der Waals surface area contributed by atoms with E-state index in [1.165, 1.54) is 12.3 Å². The number of nitrogen functional groups attached to an aromatic ring is 1. The lowest BCUT2D eigenvalue weighted by molar-refractivity contribution is 0.162. The predicted octanol–water partition coefficient (Wildman–Crippen LogP) is -0.0138. The van der Waals surface area contributed by atoms with Crippen molar-refractivity contribution in [2.24, 2.45) is 5.84 Å². The largest absolute Gasteiger partial charge is 0.383 e. The van der Waals surface area contributed by atoms with E-state index in [1.807, 2.05) is 11.9 Å². The molecule has 0 bridgehead atoms. The van der Waals surface area contributed by atoms with Gasteiger partial charge in [0, 0.05) is 37.4 Å². The molecule has 0 radical (unpaired) electrons. The number of nitrogens with one attached hydrogen (secondary N) is 2. The molecule has 0 fully saturated rings. The lowest BCUT2D eigenvalue weighted by Crippen LogP contribution is -2.34. The van der Waals surface area contributed by atoms with Crippen molar-refractivity contribution in [2.45, 2.75) is 4.90 Å². The summed E-state index contributed by atoms with van der Waals surface area (Å²) in [7, 11) is -0.172. The molecule has 0 aliphatic heterocycles. The van der Waals surface area contributed by atoms with Crippen LogP contribution in [0.1, 0.15) is 0 Å². The van der Waals surface area contributed by atoms with Crippen LogP contribution in [-0.4, -0.2) is 58.7 Å². The highest BCUT2D eigenvalue weighted by Gasteiger charge is 2.19. The Kier molecular flexibility index (Phi) is 7.49. The fraction of sp³-hybridized carbons (Fsp3) is 0.545. The molecule has 0 atom stereocenters. The highest BCUT2D eigenvalue weighted by molar-refractivity contribution is 9.10. The van der Waals surface area contributed by atoms with Gasteiger partial charge >= 0.3 is 0 Å². The quantitative estimate of drug-likeness (QED) is 0.407. The lowest BCUT2D eigenvalue weighted by atomic mass is 10.5. The number of nitrogens with zero attached hydrogens (tertiary/aromatic N) is 2. The Morgan fingerprint density at radius 1 is 1.48 bits per heavy atom. The summed E-state index contributed by atoms with van der Waals surface area (Å²) in [5.74, 6) is 5.38. The highest BCUT2D eigenvalue weighted by Crippen LogP contribution is 2.21. The Labute approximate surface area is 133 Å². The van der Waals surface area contributed by atoms with Crippen molar-refractivity contribution in [3.05, 3.63) is 16.7 Å². The average Bonchev–Trinajstić information content (AvgIpc) is 2.44. The molecule has 21 heavy (non-hydrogen) atoms. The van der Waals surface area contributed by atoms with Gasteiger partial charge in [-0.05, 0) is 29.0 Å². The first-order valence-electron chi connectivity index (χ1n) is 6.20. The number of anilines is 1. The van der Waals surface area contributed by atoms with Crippen LogP contribution in [0.5, 0.6) is 0 Å². The van der Waals surface area contributed by atoms with E-state index in [4.69, 9.17) is 10.6 Å². The number of aromatic nitrogens is 1. The fourth-order valence-corrected chi connectivity index (χ4v) is 3.19. The molecule has 1 aromatic heterocycles. The van der Waals surface area contributed by atoms with Gasteiger partial charge in [0.2, 0.25) is 10.0 Å². The van der Waals surface area contributed by atoms with Crippen LogP contribution in [0.15, 0.2) is 21.6 Å². The minimum Gasteiger partial charge on any atom is -0.383 e. The monoisotopic (exact) mass is 381 g/mol. The Morgan fingerprint density at radius 2 is 2.19 bits per heavy atom. The molecule has 0 saturated carbocycles. The van der Waals surface area contributed by atoms with Crippen LogP contribution in [-0.2, 0) is 14.8 Å². The van der Waals surface area contributed by atoms with E-state index in [2.05, 4.69) is 31.1 Å². The van der Waals surface area contributed by atoms with Gasteiger partial charge in [-0.1, -0.05) is 0 Å². The molecule has 120 valence electrons. The number of ether oxygens (including phenoxy) is 1. The summed E-state index contributed by atoms with van der Waals surface area (Å²) in [6, 6.07) is 1.44. The SMILES string of the molecule is COCCN(C)CCNS(=O)(=O)c1cc(Br)cnc1NN. The Hall–Kier alpha value is -0.780. The summed E-state index contributed by atoms with van der Waals surface area (Å²) in [4.78, 5) is 5.88. The first-order valence-corrected chi connectivity index (χ1v) is 8.47. The third-order valence-corrected chi connectivity index (χ3v) is 4.62. The summed E-state index contributed by atoms with van der Waals surface area (Å²) in [5.41, 5.74) is 2.28. The van der Waals surface area contributed by atoms with Gasteiger partial charge in [-0.2, -0.15) is 0 Å². The number of likely N-dealkylation sites (N-methyl/N-ethyl adjacent to an activating group) is 1. The summed E-state index contributed by atoms with van der Waals surface area (Å²) in [6.07, 6.45) is 1.47. The van der Waals surface area contributed by atoms with Crippen LogP contribution >= 0.6 is 15.9 Å². The predicted molar refractivity (Wildman–Crippen MR) is 84.3 cm³/mol. The van der Waals surface area contributed by atoms with Crippen LogP contribution in [0.2, 0.25) is 0 Å². The molecule has 0 aromatic carbocycles. The second-order valence-corrected chi connectivity index (χ2v) is 6.99. The van der Waals surface area contributed by atoms with Crippen molar-refractivity contribution in [3.63, 3.8) is 0 Å². The fourth-order valence-electron chi connectivity index (χ4n) is 1.54. The Morgan fingerprint density at radius 3 is 2.81 bits per heavy atom. The number of halogens is 1. The van der Waals surface area contributed by atoms with Gasteiger partial charge in [0.15, 0.2) is 5.82 Å². The lowest BCUT2D eigenvalue weighted by Gasteiger charge is -2.16. The third-order valence-electron chi connectivity index (χ3n) is 2.71. The van der Waals surface area contributed by atoms with Gasteiger partial charge in [0.25, 0.3) is 0 Å². The molecule has 10 heteroatoms. The van der Waals surface area contributed by atoms with Crippen LogP contribution < -0.4 is 16.0 Å². The number of sulfonamides is 1. The minimum absolute atomic E-state index is 0.00100. The van der Waals surface area contributed by atoms with Crippen molar-refractivity contribution in [1.29, 1.82) is 0 Å². The molecule has 0 saturated heterocycles. The van der Waals surface area contributed by atoms with E-state index in [1.54, 1.807) is 7.11 Å². The van der Waals surface area contributed by atoms with Gasteiger partial charge in [-0.15, -0.1) is 0 Å². The molecule has 1 rings (SSSR count). The van der Waals surface area contributed by atoms with E-state index in [0.29, 0.717) is 17.6 Å². The third kappa shape index (κ3) is 5.85. The highest BCUT2D eigenvalue weighted by atomic mass is 79.9. The standard InChI is InChI=1S/C11H20BrN5O3S/c1-17(5-6-20-2)4-3-15-21(18,19)10-7-9(12)8-14-11(10)16-13/h7-8,15H,3-6,13H2,1-2H3,(H,14,16). The molecule has 4 N–H and O–H groups in total. The van der Waals surface area contributed by atoms with E-state index >= 15 is 0 Å². The molecule has 1 heterocycles. The van der Waals surface area contributed by atoms with Gasteiger partial charge in [0.05, 0.1) is 6.61 Å².